The maximum Gasteiger partial charge on any atom is 0.316 e. The molecule has 13 heteroatoms. The molecule has 2 fully saturated rings. The molecule has 1 saturated carbocycles. The van der Waals surface area contributed by atoms with Crippen LogP contribution in [0.15, 0.2) is 83.8 Å². The standard InChI is InChI=1S/C32H32ClN5O6S/c1-32(12-13-32)22-44-30-29(20-34-37(31(30)39)26-9-5-8-25(33)19-26)35-14-16-36(17-15-35)45(42,43)21-23-10-11-28(38(40)41)27(18-23)24-6-3-2-4-7-24/h2-11,18-20H,12-17,21-22H2,1H3. The third kappa shape index (κ3) is 6.73. The van der Waals surface area contributed by atoms with Crippen LogP contribution in [-0.2, 0) is 15.8 Å². The van der Waals surface area contributed by atoms with Gasteiger partial charge < -0.3 is 9.64 Å². The van der Waals surface area contributed by atoms with Gasteiger partial charge in [0.25, 0.3) is 5.69 Å². The lowest BCUT2D eigenvalue weighted by atomic mass is 10.0. The van der Waals surface area contributed by atoms with Crippen LogP contribution in [0.4, 0.5) is 11.4 Å². The summed E-state index contributed by atoms with van der Waals surface area (Å²) in [7, 11) is -3.75. The molecule has 1 aliphatic carbocycles. The Bertz CT molecular complexity index is 1910. The number of sulfonamides is 1. The van der Waals surface area contributed by atoms with E-state index in [1.807, 2.05) is 11.0 Å². The van der Waals surface area contributed by atoms with Crippen LogP contribution in [0.5, 0.6) is 5.75 Å². The van der Waals surface area contributed by atoms with E-state index in [0.717, 1.165) is 12.8 Å². The summed E-state index contributed by atoms with van der Waals surface area (Å²) in [6.45, 7) is 3.53. The normalized spacial score (nSPS) is 16.4. The van der Waals surface area contributed by atoms with Crippen molar-refractivity contribution in [3.8, 4) is 22.6 Å². The van der Waals surface area contributed by atoms with E-state index in [2.05, 4.69) is 12.0 Å². The van der Waals surface area contributed by atoms with Crippen molar-refractivity contribution in [1.29, 1.82) is 0 Å². The maximum absolute atomic E-state index is 13.7. The number of nitro groups is 1. The van der Waals surface area contributed by atoms with Gasteiger partial charge in [-0.05, 0) is 48.2 Å². The number of hydrogen-bond donors (Lipinski definition) is 0. The van der Waals surface area contributed by atoms with Gasteiger partial charge in [-0.3, -0.25) is 14.9 Å². The molecule has 45 heavy (non-hydrogen) atoms. The van der Waals surface area contributed by atoms with Crippen molar-refractivity contribution in [1.82, 2.24) is 14.1 Å². The molecule has 0 unspecified atom stereocenters. The number of nitrogens with zero attached hydrogens (tertiary/aromatic N) is 5. The molecule has 1 aliphatic heterocycles. The van der Waals surface area contributed by atoms with Crippen molar-refractivity contribution in [3.05, 3.63) is 110 Å². The van der Waals surface area contributed by atoms with Gasteiger partial charge in [0.1, 0.15) is 5.69 Å². The molecule has 2 heterocycles. The fourth-order valence-electron chi connectivity index (χ4n) is 5.38. The molecule has 4 aromatic rings. The Morgan fingerprint density at radius 3 is 2.40 bits per heavy atom. The van der Waals surface area contributed by atoms with Crippen molar-refractivity contribution in [2.24, 2.45) is 5.41 Å². The summed E-state index contributed by atoms with van der Waals surface area (Å²) in [5.74, 6) is -0.122. The minimum atomic E-state index is -3.75. The largest absolute Gasteiger partial charge is 0.486 e. The Labute approximate surface area is 265 Å². The van der Waals surface area contributed by atoms with E-state index in [9.17, 15) is 23.3 Å². The van der Waals surface area contributed by atoms with Crippen LogP contribution in [0, 0.1) is 15.5 Å². The van der Waals surface area contributed by atoms with Crippen molar-refractivity contribution in [3.63, 3.8) is 0 Å². The Morgan fingerprint density at radius 2 is 1.73 bits per heavy atom. The van der Waals surface area contributed by atoms with Crippen molar-refractivity contribution >= 4 is 33.0 Å². The second-order valence-corrected chi connectivity index (χ2v) is 14.2. The lowest BCUT2D eigenvalue weighted by Crippen LogP contribution is -2.49. The van der Waals surface area contributed by atoms with Gasteiger partial charge in [-0.15, -0.1) is 0 Å². The highest BCUT2D eigenvalue weighted by Gasteiger charge is 2.39. The van der Waals surface area contributed by atoms with Crippen LogP contribution in [-0.4, -0.2) is 60.2 Å². The van der Waals surface area contributed by atoms with Crippen molar-refractivity contribution in [2.45, 2.75) is 25.5 Å². The molecule has 3 aromatic carbocycles. The number of anilines is 1. The van der Waals surface area contributed by atoms with E-state index >= 15 is 0 Å². The van der Waals surface area contributed by atoms with Crippen LogP contribution in [0.1, 0.15) is 25.3 Å². The fourth-order valence-corrected chi connectivity index (χ4v) is 7.06. The number of hydrogen-bond acceptors (Lipinski definition) is 8. The van der Waals surface area contributed by atoms with Gasteiger partial charge in [0.2, 0.25) is 15.8 Å². The molecule has 0 bridgehead atoms. The van der Waals surface area contributed by atoms with Crippen molar-refractivity contribution < 1.29 is 18.1 Å². The van der Waals surface area contributed by atoms with Crippen molar-refractivity contribution in [2.75, 3.05) is 37.7 Å². The topological polar surface area (TPSA) is 128 Å². The lowest BCUT2D eigenvalue weighted by Gasteiger charge is -2.35. The smallest absolute Gasteiger partial charge is 0.316 e. The zero-order chi connectivity index (χ0) is 31.8. The van der Waals surface area contributed by atoms with E-state index < -0.39 is 20.5 Å². The van der Waals surface area contributed by atoms with Gasteiger partial charge in [-0.25, -0.2) is 8.42 Å². The first kappa shape index (κ1) is 30.8. The molecule has 11 nitrogen and oxygen atoms in total. The van der Waals surface area contributed by atoms with Gasteiger partial charge in [-0.1, -0.05) is 61.0 Å². The van der Waals surface area contributed by atoms with Crippen LogP contribution >= 0.6 is 11.6 Å². The molecule has 0 N–H and O–H groups in total. The van der Waals surface area contributed by atoms with Gasteiger partial charge in [-0.2, -0.15) is 14.1 Å². The monoisotopic (exact) mass is 649 g/mol. The highest BCUT2D eigenvalue weighted by molar-refractivity contribution is 7.88. The van der Waals surface area contributed by atoms with Crippen LogP contribution in [0.2, 0.25) is 5.02 Å². The number of nitro benzene ring substituents is 1. The second kappa shape index (κ2) is 12.3. The lowest BCUT2D eigenvalue weighted by molar-refractivity contribution is -0.384. The number of piperazine rings is 1. The summed E-state index contributed by atoms with van der Waals surface area (Å²) >= 11 is 6.16. The Balaban J connectivity index is 1.21. The molecule has 1 saturated heterocycles. The fraction of sp³-hybridized carbons (Fsp3) is 0.312. The third-order valence-electron chi connectivity index (χ3n) is 8.30. The molecule has 6 rings (SSSR count). The summed E-state index contributed by atoms with van der Waals surface area (Å²) in [6, 6.07) is 20.1. The van der Waals surface area contributed by atoms with Crippen LogP contribution in [0.3, 0.4) is 0 Å². The highest BCUT2D eigenvalue weighted by Crippen LogP contribution is 2.45. The molecular formula is C32H32ClN5O6S. The minimum Gasteiger partial charge on any atom is -0.486 e. The predicted octanol–water partition coefficient (Wildman–Crippen LogP) is 5.29. The molecule has 234 valence electrons. The second-order valence-electron chi connectivity index (χ2n) is 11.8. The highest BCUT2D eigenvalue weighted by atomic mass is 35.5. The van der Waals surface area contributed by atoms with E-state index in [4.69, 9.17) is 16.3 Å². The maximum atomic E-state index is 13.7. The predicted molar refractivity (Wildman–Crippen MR) is 173 cm³/mol. The average Bonchev–Trinajstić information content (AvgIpc) is 3.77. The third-order valence-corrected chi connectivity index (χ3v) is 10.4. The zero-order valence-electron chi connectivity index (χ0n) is 24.6. The van der Waals surface area contributed by atoms with Crippen LogP contribution in [0.25, 0.3) is 16.8 Å². The van der Waals surface area contributed by atoms with Gasteiger partial charge in [0.15, 0.2) is 0 Å². The average molecular weight is 650 g/mol. The minimum absolute atomic E-state index is 0.0267. The molecule has 0 atom stereocenters. The Kier molecular flexibility index (Phi) is 8.38. The Hall–Kier alpha value is -4.26. The first-order valence-corrected chi connectivity index (χ1v) is 16.6. The summed E-state index contributed by atoms with van der Waals surface area (Å²) < 4.78 is 35.8. The molecule has 1 aromatic heterocycles. The summed E-state index contributed by atoms with van der Waals surface area (Å²) in [5, 5.41) is 16.5. The first-order valence-electron chi connectivity index (χ1n) is 14.6. The Morgan fingerprint density at radius 1 is 1.00 bits per heavy atom. The van der Waals surface area contributed by atoms with Gasteiger partial charge >= 0.3 is 5.56 Å². The number of ether oxygens (including phenoxy) is 1. The molecular weight excluding hydrogens is 618 g/mol. The number of aromatic nitrogens is 2. The quantitative estimate of drug-likeness (QED) is 0.167. The van der Waals surface area contributed by atoms with E-state index in [1.165, 1.54) is 21.1 Å². The van der Waals surface area contributed by atoms with E-state index in [0.29, 0.717) is 52.8 Å². The summed E-state index contributed by atoms with van der Waals surface area (Å²) in [6.07, 6.45) is 3.63. The molecule has 0 amide bonds. The molecule has 2 aliphatic rings. The summed E-state index contributed by atoms with van der Waals surface area (Å²) in [5.41, 5.74) is 2.01. The zero-order valence-corrected chi connectivity index (χ0v) is 26.2. The van der Waals surface area contributed by atoms with Crippen LogP contribution < -0.4 is 15.2 Å². The first-order chi connectivity index (χ1) is 21.5. The van der Waals surface area contributed by atoms with Gasteiger partial charge in [0, 0.05) is 42.7 Å². The number of rotatable bonds is 10. The summed E-state index contributed by atoms with van der Waals surface area (Å²) in [4.78, 5) is 26.8. The van der Waals surface area contributed by atoms with E-state index in [1.54, 1.807) is 60.8 Å². The van der Waals surface area contributed by atoms with E-state index in [-0.39, 0.29) is 35.7 Å². The molecule has 0 spiro atoms. The van der Waals surface area contributed by atoms with Gasteiger partial charge in [0.05, 0.1) is 34.7 Å². The number of benzene rings is 3. The SMILES string of the molecule is CC1(COc2c(N3CCN(S(=O)(=O)Cc4ccc([N+](=O)[O-])c(-c5ccccc5)c4)CC3)cnn(-c3cccc(Cl)c3)c2=O)CC1. The number of halogens is 1. The molecule has 0 radical (unpaired) electrons.